The van der Waals surface area contributed by atoms with E-state index < -0.39 is 28.5 Å². The maximum atomic E-state index is 14.2. The molecule has 0 aromatic heterocycles. The van der Waals surface area contributed by atoms with Crippen molar-refractivity contribution >= 4 is 43.5 Å². The summed E-state index contributed by atoms with van der Waals surface area (Å²) in [5.74, 6) is -0.166. The van der Waals surface area contributed by atoms with Crippen LogP contribution in [0.4, 0.5) is 5.69 Å². The van der Waals surface area contributed by atoms with Crippen molar-refractivity contribution in [2.75, 3.05) is 31.3 Å². The van der Waals surface area contributed by atoms with Crippen LogP contribution in [0.3, 0.4) is 0 Å². The summed E-state index contributed by atoms with van der Waals surface area (Å²) in [6, 6.07) is 20.5. The van der Waals surface area contributed by atoms with Crippen molar-refractivity contribution in [2.24, 2.45) is 0 Å². The monoisotopic (exact) mass is 659 g/mol. The van der Waals surface area contributed by atoms with Crippen LogP contribution >= 0.6 is 15.9 Å². The van der Waals surface area contributed by atoms with E-state index in [-0.39, 0.29) is 36.4 Å². The maximum Gasteiger partial charge on any atom is 0.244 e. The number of nitrogens with zero attached hydrogens (tertiary/aromatic N) is 2. The summed E-state index contributed by atoms with van der Waals surface area (Å²) in [7, 11) is -1.05. The molecule has 9 nitrogen and oxygen atoms in total. The van der Waals surface area contributed by atoms with Gasteiger partial charge in [-0.05, 0) is 48.7 Å². The highest BCUT2D eigenvalue weighted by atomic mass is 79.9. The Labute approximate surface area is 257 Å². The molecule has 0 aliphatic carbocycles. The number of ether oxygens (including phenoxy) is 2. The van der Waals surface area contributed by atoms with Gasteiger partial charge in [0.05, 0.1) is 26.2 Å². The fourth-order valence-corrected chi connectivity index (χ4v) is 5.71. The Hall–Kier alpha value is -3.57. The molecule has 3 rings (SSSR count). The summed E-state index contributed by atoms with van der Waals surface area (Å²) >= 11 is 3.48. The molecule has 3 aromatic rings. The average Bonchev–Trinajstić information content (AvgIpc) is 2.97. The molecule has 0 unspecified atom stereocenters. The standard InChI is InChI=1S/C31H38BrN3O6S/c1-6-22(2)33-31(37)28(18-23-11-8-7-9-12-23)34(20-24-13-10-14-25(32)17-24)30(36)21-35(42(5,38)39)27-16-15-26(40-3)19-29(27)41-4/h7-17,19,22,28H,6,18,20-21H2,1-5H3,(H,33,37)/t22-,28-/m0/s1. The number of rotatable bonds is 14. The van der Waals surface area contributed by atoms with E-state index in [2.05, 4.69) is 21.2 Å². The zero-order chi connectivity index (χ0) is 30.9. The third-order valence-corrected chi connectivity index (χ3v) is 8.47. The molecule has 0 aliphatic heterocycles. The first-order valence-corrected chi connectivity index (χ1v) is 16.2. The zero-order valence-electron chi connectivity index (χ0n) is 24.5. The van der Waals surface area contributed by atoms with Gasteiger partial charge in [-0.3, -0.25) is 13.9 Å². The Morgan fingerprint density at radius 2 is 1.64 bits per heavy atom. The molecule has 0 bridgehead atoms. The number of nitrogens with one attached hydrogen (secondary N) is 1. The molecule has 0 saturated heterocycles. The summed E-state index contributed by atoms with van der Waals surface area (Å²) in [4.78, 5) is 29.5. The number of carbonyl (C=O) groups excluding carboxylic acids is 2. The van der Waals surface area contributed by atoms with Crippen LogP contribution in [0.25, 0.3) is 0 Å². The fraction of sp³-hybridized carbons (Fsp3) is 0.355. The number of hydrogen-bond donors (Lipinski definition) is 1. The number of carbonyl (C=O) groups is 2. The third-order valence-electron chi connectivity index (χ3n) is 6.85. The predicted molar refractivity (Wildman–Crippen MR) is 168 cm³/mol. The Kier molecular flexibility index (Phi) is 11.8. The lowest BCUT2D eigenvalue weighted by Crippen LogP contribution is -2.54. The van der Waals surface area contributed by atoms with Crippen LogP contribution in [0.2, 0.25) is 0 Å². The van der Waals surface area contributed by atoms with Crippen molar-refractivity contribution in [2.45, 2.75) is 45.3 Å². The lowest BCUT2D eigenvalue weighted by atomic mass is 10.0. The number of amides is 2. The largest absolute Gasteiger partial charge is 0.497 e. The minimum absolute atomic E-state index is 0.0844. The van der Waals surface area contributed by atoms with E-state index in [1.807, 2.05) is 68.4 Å². The maximum absolute atomic E-state index is 14.2. The van der Waals surface area contributed by atoms with Gasteiger partial charge < -0.3 is 19.7 Å². The normalized spacial score (nSPS) is 12.6. The van der Waals surface area contributed by atoms with Gasteiger partial charge in [0.15, 0.2) is 0 Å². The van der Waals surface area contributed by atoms with E-state index in [4.69, 9.17) is 9.47 Å². The van der Waals surface area contributed by atoms with Crippen LogP contribution < -0.4 is 19.1 Å². The van der Waals surface area contributed by atoms with E-state index in [0.717, 1.165) is 26.2 Å². The van der Waals surface area contributed by atoms with E-state index in [1.165, 1.54) is 25.2 Å². The molecule has 2 amide bonds. The summed E-state index contributed by atoms with van der Waals surface area (Å²) in [5.41, 5.74) is 1.82. The Bertz CT molecular complexity index is 1470. The summed E-state index contributed by atoms with van der Waals surface area (Å²) < 4.78 is 38.7. The molecule has 3 aromatic carbocycles. The van der Waals surface area contributed by atoms with Crippen LogP contribution in [0, 0.1) is 0 Å². The third kappa shape index (κ3) is 8.96. The number of anilines is 1. The van der Waals surface area contributed by atoms with Crippen molar-refractivity contribution < 1.29 is 27.5 Å². The second kappa shape index (κ2) is 15.1. The Morgan fingerprint density at radius 1 is 0.952 bits per heavy atom. The Morgan fingerprint density at radius 3 is 2.24 bits per heavy atom. The molecule has 0 saturated carbocycles. The smallest absolute Gasteiger partial charge is 0.244 e. The van der Waals surface area contributed by atoms with Gasteiger partial charge in [0.25, 0.3) is 0 Å². The van der Waals surface area contributed by atoms with E-state index in [1.54, 1.807) is 12.1 Å². The number of sulfonamides is 1. The van der Waals surface area contributed by atoms with Gasteiger partial charge in [0.1, 0.15) is 24.1 Å². The van der Waals surface area contributed by atoms with Crippen LogP contribution in [-0.2, 0) is 32.6 Å². The Balaban J connectivity index is 2.10. The molecule has 0 heterocycles. The second-order valence-electron chi connectivity index (χ2n) is 9.98. The highest BCUT2D eigenvalue weighted by Gasteiger charge is 2.34. The lowest BCUT2D eigenvalue weighted by Gasteiger charge is -2.34. The number of halogens is 1. The minimum atomic E-state index is -3.95. The van der Waals surface area contributed by atoms with Crippen molar-refractivity contribution in [1.29, 1.82) is 0 Å². The van der Waals surface area contributed by atoms with Crippen molar-refractivity contribution in [1.82, 2.24) is 10.2 Å². The minimum Gasteiger partial charge on any atom is -0.497 e. The second-order valence-corrected chi connectivity index (χ2v) is 12.8. The van der Waals surface area contributed by atoms with Gasteiger partial charge in [-0.25, -0.2) is 8.42 Å². The van der Waals surface area contributed by atoms with Gasteiger partial charge >= 0.3 is 0 Å². The molecule has 0 radical (unpaired) electrons. The zero-order valence-corrected chi connectivity index (χ0v) is 26.9. The van der Waals surface area contributed by atoms with E-state index in [0.29, 0.717) is 12.2 Å². The van der Waals surface area contributed by atoms with Crippen molar-refractivity contribution in [3.8, 4) is 11.5 Å². The SMILES string of the molecule is CC[C@H](C)NC(=O)[C@H](Cc1ccccc1)N(Cc1cccc(Br)c1)C(=O)CN(c1ccc(OC)cc1OC)S(C)(=O)=O. The molecular formula is C31H38BrN3O6S. The molecule has 42 heavy (non-hydrogen) atoms. The number of hydrogen-bond acceptors (Lipinski definition) is 6. The van der Waals surface area contributed by atoms with Gasteiger partial charge in [-0.1, -0.05) is 65.3 Å². The van der Waals surface area contributed by atoms with Gasteiger partial charge in [0.2, 0.25) is 21.8 Å². The average molecular weight is 661 g/mol. The van der Waals surface area contributed by atoms with Crippen LogP contribution in [0.15, 0.2) is 77.3 Å². The highest BCUT2D eigenvalue weighted by molar-refractivity contribution is 9.10. The fourth-order valence-electron chi connectivity index (χ4n) is 4.41. The molecule has 226 valence electrons. The van der Waals surface area contributed by atoms with Crippen molar-refractivity contribution in [3.05, 3.63) is 88.4 Å². The molecule has 0 spiro atoms. The highest BCUT2D eigenvalue weighted by Crippen LogP contribution is 2.34. The van der Waals surface area contributed by atoms with Crippen LogP contribution in [0.5, 0.6) is 11.5 Å². The van der Waals surface area contributed by atoms with Crippen LogP contribution in [0.1, 0.15) is 31.4 Å². The van der Waals surface area contributed by atoms with Gasteiger partial charge in [-0.2, -0.15) is 0 Å². The topological polar surface area (TPSA) is 105 Å². The van der Waals surface area contributed by atoms with Gasteiger partial charge in [-0.15, -0.1) is 0 Å². The van der Waals surface area contributed by atoms with Crippen molar-refractivity contribution in [3.63, 3.8) is 0 Å². The molecule has 0 aliphatic rings. The van der Waals surface area contributed by atoms with E-state index in [9.17, 15) is 18.0 Å². The summed E-state index contributed by atoms with van der Waals surface area (Å²) in [5, 5.41) is 3.02. The van der Waals surface area contributed by atoms with Gasteiger partial charge in [0, 0.05) is 29.5 Å². The predicted octanol–water partition coefficient (Wildman–Crippen LogP) is 4.79. The first kappa shape index (κ1) is 32.9. The molecule has 0 fully saturated rings. The summed E-state index contributed by atoms with van der Waals surface area (Å²) in [6.07, 6.45) is 1.98. The lowest BCUT2D eigenvalue weighted by molar-refractivity contribution is -0.140. The molecule has 2 atom stereocenters. The van der Waals surface area contributed by atoms with E-state index >= 15 is 0 Å². The first-order valence-electron chi connectivity index (χ1n) is 13.5. The number of benzene rings is 3. The molecule has 11 heteroatoms. The quantitative estimate of drug-likeness (QED) is 0.267. The number of methoxy groups -OCH3 is 2. The summed E-state index contributed by atoms with van der Waals surface area (Å²) in [6.45, 7) is 3.41. The molecule has 1 N–H and O–H groups in total. The van der Waals surface area contributed by atoms with Crippen LogP contribution in [-0.4, -0.2) is 64.2 Å². The molecular weight excluding hydrogens is 622 g/mol. The first-order chi connectivity index (χ1) is 20.0.